The molecule has 0 aromatic heterocycles. The van der Waals surface area contributed by atoms with Crippen molar-refractivity contribution >= 4 is 11.8 Å². The minimum atomic E-state index is -0.550. The molecule has 4 heteroatoms. The molecule has 4 rings (SSSR count). The molecule has 3 N–H and O–H groups in total. The number of carbonyl (C=O) groups is 2. The Bertz CT molecular complexity index is 356. The molecule has 4 saturated carbocycles. The summed E-state index contributed by atoms with van der Waals surface area (Å²) in [4.78, 5) is 23.6. The van der Waals surface area contributed by atoms with Crippen molar-refractivity contribution in [3.05, 3.63) is 0 Å². The number of nitrogens with two attached hydrogens (primary N) is 1. The minimum absolute atomic E-state index is 0.0768. The number of rotatable bonds is 3. The molecule has 1 atom stereocenters. The lowest BCUT2D eigenvalue weighted by atomic mass is 9.49. The van der Waals surface area contributed by atoms with Gasteiger partial charge >= 0.3 is 0 Å². The first-order valence-corrected chi connectivity index (χ1v) is 7.09. The van der Waals surface area contributed by atoms with Crippen LogP contribution in [0.15, 0.2) is 0 Å². The average molecular weight is 250 g/mol. The van der Waals surface area contributed by atoms with E-state index in [0.717, 1.165) is 37.0 Å². The normalized spacial score (nSPS) is 42.6. The lowest BCUT2D eigenvalue weighted by molar-refractivity contribution is -0.148. The highest BCUT2D eigenvalue weighted by Crippen LogP contribution is 2.60. The zero-order chi connectivity index (χ0) is 12.9. The van der Waals surface area contributed by atoms with E-state index in [-0.39, 0.29) is 11.3 Å². The Morgan fingerprint density at radius 3 is 1.94 bits per heavy atom. The molecule has 4 nitrogen and oxygen atoms in total. The van der Waals surface area contributed by atoms with Gasteiger partial charge in [-0.25, -0.2) is 0 Å². The minimum Gasteiger partial charge on any atom is -0.368 e. The van der Waals surface area contributed by atoms with Crippen molar-refractivity contribution in [3.8, 4) is 0 Å². The van der Waals surface area contributed by atoms with Crippen LogP contribution in [0.5, 0.6) is 0 Å². The van der Waals surface area contributed by atoms with Crippen LogP contribution >= 0.6 is 0 Å². The van der Waals surface area contributed by atoms with E-state index in [2.05, 4.69) is 5.32 Å². The van der Waals surface area contributed by atoms with E-state index in [1.807, 2.05) is 0 Å². The number of nitrogens with one attached hydrogen (secondary N) is 1. The fourth-order valence-corrected chi connectivity index (χ4v) is 4.81. The molecular weight excluding hydrogens is 228 g/mol. The van der Waals surface area contributed by atoms with Crippen LogP contribution in [0.25, 0.3) is 0 Å². The van der Waals surface area contributed by atoms with Gasteiger partial charge in [-0.1, -0.05) is 0 Å². The molecule has 4 aliphatic rings. The third-order valence-electron chi connectivity index (χ3n) is 5.29. The topological polar surface area (TPSA) is 72.2 Å². The molecule has 18 heavy (non-hydrogen) atoms. The Kier molecular flexibility index (Phi) is 2.65. The van der Waals surface area contributed by atoms with E-state index in [0.29, 0.717) is 0 Å². The van der Waals surface area contributed by atoms with E-state index in [4.69, 9.17) is 5.73 Å². The summed E-state index contributed by atoms with van der Waals surface area (Å²) in [6, 6.07) is -0.550. The SMILES string of the molecule is C[C@H](NC(=O)C12CC3CC(CC(C3)C1)C2)C(N)=O. The first-order chi connectivity index (χ1) is 8.48. The fraction of sp³-hybridized carbons (Fsp3) is 0.857. The molecule has 0 heterocycles. The molecule has 0 radical (unpaired) electrons. The fourth-order valence-electron chi connectivity index (χ4n) is 4.81. The number of hydrogen-bond donors (Lipinski definition) is 2. The van der Waals surface area contributed by atoms with E-state index >= 15 is 0 Å². The van der Waals surface area contributed by atoms with Crippen LogP contribution in [0.2, 0.25) is 0 Å². The third-order valence-corrected chi connectivity index (χ3v) is 5.29. The van der Waals surface area contributed by atoms with Gasteiger partial charge in [0.2, 0.25) is 11.8 Å². The Balaban J connectivity index is 1.75. The van der Waals surface area contributed by atoms with Crippen molar-refractivity contribution in [3.63, 3.8) is 0 Å². The molecule has 4 bridgehead atoms. The van der Waals surface area contributed by atoms with Gasteiger partial charge < -0.3 is 11.1 Å². The number of hydrogen-bond acceptors (Lipinski definition) is 2. The summed E-state index contributed by atoms with van der Waals surface area (Å²) in [6.45, 7) is 1.67. The van der Waals surface area contributed by atoms with Crippen molar-refractivity contribution in [1.29, 1.82) is 0 Å². The summed E-state index contributed by atoms with van der Waals surface area (Å²) in [7, 11) is 0. The van der Waals surface area contributed by atoms with Gasteiger partial charge in [0.05, 0.1) is 0 Å². The maximum atomic E-state index is 12.5. The molecule has 4 aliphatic carbocycles. The summed E-state index contributed by atoms with van der Waals surface area (Å²) >= 11 is 0. The standard InChI is InChI=1S/C14H22N2O2/c1-8(12(15)17)16-13(18)14-5-9-2-10(6-14)4-11(3-9)7-14/h8-11H,2-7H2,1H3,(H2,15,17)(H,16,18)/t8-,9?,10?,11?,14?/m0/s1. The van der Waals surface area contributed by atoms with Crippen LogP contribution in [0, 0.1) is 23.2 Å². The highest BCUT2D eigenvalue weighted by Gasteiger charge is 2.54. The summed E-state index contributed by atoms with van der Waals surface area (Å²) in [5, 5.41) is 2.82. The number of amides is 2. The van der Waals surface area contributed by atoms with Crippen LogP contribution in [-0.2, 0) is 9.59 Å². The summed E-state index contributed by atoms with van der Waals surface area (Å²) in [6.07, 6.45) is 7.02. The van der Waals surface area contributed by atoms with Gasteiger partial charge in [0.25, 0.3) is 0 Å². The van der Waals surface area contributed by atoms with Gasteiger partial charge in [-0.2, -0.15) is 0 Å². The van der Waals surface area contributed by atoms with E-state index < -0.39 is 11.9 Å². The Labute approximate surface area is 108 Å². The van der Waals surface area contributed by atoms with Crippen LogP contribution in [0.3, 0.4) is 0 Å². The second-order valence-electron chi connectivity index (χ2n) is 6.80. The molecule has 0 saturated heterocycles. The molecule has 2 amide bonds. The first-order valence-electron chi connectivity index (χ1n) is 7.09. The molecular formula is C14H22N2O2. The number of carbonyl (C=O) groups excluding carboxylic acids is 2. The van der Waals surface area contributed by atoms with Gasteiger partial charge in [-0.05, 0) is 63.2 Å². The molecule has 0 aromatic rings. The van der Waals surface area contributed by atoms with E-state index in [1.54, 1.807) is 6.92 Å². The lowest BCUT2D eigenvalue weighted by Crippen LogP contribution is -2.56. The Morgan fingerprint density at radius 2 is 1.56 bits per heavy atom. The van der Waals surface area contributed by atoms with Crippen molar-refractivity contribution in [2.45, 2.75) is 51.5 Å². The highest BCUT2D eigenvalue weighted by molar-refractivity contribution is 5.89. The van der Waals surface area contributed by atoms with Crippen molar-refractivity contribution in [2.75, 3.05) is 0 Å². The van der Waals surface area contributed by atoms with Crippen molar-refractivity contribution < 1.29 is 9.59 Å². The molecule has 0 aliphatic heterocycles. The zero-order valence-corrected chi connectivity index (χ0v) is 10.9. The van der Waals surface area contributed by atoms with Gasteiger partial charge in [0, 0.05) is 5.41 Å². The summed E-state index contributed by atoms with van der Waals surface area (Å²) in [5.41, 5.74) is 5.04. The third kappa shape index (κ3) is 1.82. The predicted molar refractivity (Wildman–Crippen MR) is 67.4 cm³/mol. The Morgan fingerprint density at radius 1 is 1.11 bits per heavy atom. The van der Waals surface area contributed by atoms with Crippen LogP contribution < -0.4 is 11.1 Å². The molecule has 4 fully saturated rings. The monoisotopic (exact) mass is 250 g/mol. The maximum absolute atomic E-state index is 12.5. The molecule has 100 valence electrons. The lowest BCUT2D eigenvalue weighted by Gasteiger charge is -2.55. The molecule has 0 aromatic carbocycles. The van der Waals surface area contributed by atoms with Gasteiger partial charge in [-0.3, -0.25) is 9.59 Å². The summed E-state index contributed by atoms with van der Waals surface area (Å²) < 4.78 is 0. The smallest absolute Gasteiger partial charge is 0.239 e. The number of primary amides is 1. The van der Waals surface area contributed by atoms with Crippen LogP contribution in [-0.4, -0.2) is 17.9 Å². The second-order valence-corrected chi connectivity index (χ2v) is 6.80. The predicted octanol–water partition coefficient (Wildman–Crippen LogP) is 1.19. The van der Waals surface area contributed by atoms with Gasteiger partial charge in [0.1, 0.15) is 6.04 Å². The van der Waals surface area contributed by atoms with Gasteiger partial charge in [0.15, 0.2) is 0 Å². The summed E-state index contributed by atoms with van der Waals surface area (Å²) in [5.74, 6) is 1.85. The Hall–Kier alpha value is -1.06. The maximum Gasteiger partial charge on any atom is 0.239 e. The second kappa shape index (κ2) is 3.97. The van der Waals surface area contributed by atoms with Crippen LogP contribution in [0.1, 0.15) is 45.4 Å². The molecule has 0 spiro atoms. The van der Waals surface area contributed by atoms with Crippen LogP contribution in [0.4, 0.5) is 0 Å². The van der Waals surface area contributed by atoms with E-state index in [9.17, 15) is 9.59 Å². The van der Waals surface area contributed by atoms with Crippen molar-refractivity contribution in [1.82, 2.24) is 5.32 Å². The van der Waals surface area contributed by atoms with Gasteiger partial charge in [-0.15, -0.1) is 0 Å². The quantitative estimate of drug-likeness (QED) is 0.789. The largest absolute Gasteiger partial charge is 0.368 e. The highest BCUT2D eigenvalue weighted by atomic mass is 16.2. The first kappa shape index (κ1) is 12.0. The van der Waals surface area contributed by atoms with E-state index in [1.165, 1.54) is 19.3 Å². The van der Waals surface area contributed by atoms with Crippen molar-refractivity contribution in [2.24, 2.45) is 28.9 Å². The zero-order valence-electron chi connectivity index (χ0n) is 10.9. The molecule has 0 unspecified atom stereocenters. The average Bonchev–Trinajstić information content (AvgIpc) is 2.26.